The van der Waals surface area contributed by atoms with Crippen LogP contribution < -0.4 is 5.32 Å². The van der Waals surface area contributed by atoms with Crippen LogP contribution in [0.25, 0.3) is 0 Å². The van der Waals surface area contributed by atoms with Crippen LogP contribution in [0.15, 0.2) is 18.2 Å². The number of hydrogen-bond acceptors (Lipinski definition) is 3. The SMILES string of the molecule is O=C(O)c1ccc(C(=O)NC2CCCC3OCCC23)c(F)c1. The number of rotatable bonds is 3. The van der Waals surface area contributed by atoms with Crippen molar-refractivity contribution in [2.24, 2.45) is 5.92 Å². The zero-order valence-corrected chi connectivity index (χ0v) is 12.0. The molecule has 1 saturated heterocycles. The molecule has 1 amide bonds. The van der Waals surface area contributed by atoms with Gasteiger partial charge in [0.15, 0.2) is 0 Å². The molecule has 0 bridgehead atoms. The van der Waals surface area contributed by atoms with Gasteiger partial charge in [-0.05, 0) is 43.9 Å². The molecule has 22 heavy (non-hydrogen) atoms. The van der Waals surface area contributed by atoms with Crippen LogP contribution in [-0.4, -0.2) is 35.7 Å². The highest BCUT2D eigenvalue weighted by atomic mass is 19.1. The quantitative estimate of drug-likeness (QED) is 0.897. The number of halogens is 1. The first kappa shape index (κ1) is 15.0. The maximum atomic E-state index is 13.9. The highest BCUT2D eigenvalue weighted by Crippen LogP contribution is 2.34. The molecule has 1 saturated carbocycles. The average molecular weight is 307 g/mol. The minimum Gasteiger partial charge on any atom is -0.478 e. The normalized spacial score (nSPS) is 27.2. The van der Waals surface area contributed by atoms with Crippen LogP contribution in [0.3, 0.4) is 0 Å². The Morgan fingerprint density at radius 2 is 2.09 bits per heavy atom. The molecule has 0 aromatic heterocycles. The first-order valence-corrected chi connectivity index (χ1v) is 7.51. The number of amides is 1. The number of fused-ring (bicyclic) bond motifs is 1. The van der Waals surface area contributed by atoms with Gasteiger partial charge in [-0.25, -0.2) is 9.18 Å². The Labute approximate surface area is 127 Å². The van der Waals surface area contributed by atoms with E-state index in [0.717, 1.165) is 31.7 Å². The van der Waals surface area contributed by atoms with E-state index in [-0.39, 0.29) is 23.3 Å². The lowest BCUT2D eigenvalue weighted by Gasteiger charge is -2.33. The Hall–Kier alpha value is -1.95. The summed E-state index contributed by atoms with van der Waals surface area (Å²) in [6, 6.07) is 3.33. The summed E-state index contributed by atoms with van der Waals surface area (Å²) in [5, 5.41) is 11.7. The second kappa shape index (κ2) is 6.04. The average Bonchev–Trinajstić information content (AvgIpc) is 2.96. The van der Waals surface area contributed by atoms with E-state index in [9.17, 15) is 14.0 Å². The van der Waals surface area contributed by atoms with Crippen LogP contribution in [-0.2, 0) is 4.74 Å². The van der Waals surface area contributed by atoms with Gasteiger partial charge in [0.25, 0.3) is 5.91 Å². The molecular weight excluding hydrogens is 289 g/mol. The molecule has 1 aromatic rings. The molecule has 1 aliphatic carbocycles. The standard InChI is InChI=1S/C16H18FNO4/c17-12-8-9(16(20)21)4-5-10(12)15(19)18-13-2-1-3-14-11(13)6-7-22-14/h4-5,8,11,13-14H,1-3,6-7H2,(H,18,19)(H,20,21). The van der Waals surface area contributed by atoms with Gasteiger partial charge in [0.1, 0.15) is 5.82 Å². The topological polar surface area (TPSA) is 75.6 Å². The van der Waals surface area contributed by atoms with Gasteiger partial charge in [-0.15, -0.1) is 0 Å². The Kier molecular flexibility index (Phi) is 4.11. The monoisotopic (exact) mass is 307 g/mol. The van der Waals surface area contributed by atoms with E-state index in [1.165, 1.54) is 12.1 Å². The minimum absolute atomic E-state index is 0.00713. The Morgan fingerprint density at radius 3 is 2.82 bits per heavy atom. The van der Waals surface area contributed by atoms with Crippen molar-refractivity contribution in [1.82, 2.24) is 5.32 Å². The molecule has 2 N–H and O–H groups in total. The number of carboxylic acid groups (broad SMARTS) is 1. The highest BCUT2D eigenvalue weighted by Gasteiger charge is 2.38. The molecule has 5 nitrogen and oxygen atoms in total. The van der Waals surface area contributed by atoms with E-state index < -0.39 is 17.7 Å². The lowest BCUT2D eigenvalue weighted by Crippen LogP contribution is -2.45. The molecule has 1 aromatic carbocycles. The molecule has 0 radical (unpaired) electrons. The molecule has 1 aliphatic heterocycles. The lowest BCUT2D eigenvalue weighted by molar-refractivity contribution is 0.0509. The van der Waals surface area contributed by atoms with Gasteiger partial charge in [-0.3, -0.25) is 4.79 Å². The van der Waals surface area contributed by atoms with Crippen molar-refractivity contribution in [2.45, 2.75) is 37.8 Å². The van der Waals surface area contributed by atoms with E-state index in [1.807, 2.05) is 0 Å². The van der Waals surface area contributed by atoms with E-state index in [0.29, 0.717) is 12.5 Å². The number of hydrogen-bond donors (Lipinski definition) is 2. The number of carboxylic acids is 1. The first-order valence-electron chi connectivity index (χ1n) is 7.51. The summed E-state index contributed by atoms with van der Waals surface area (Å²) < 4.78 is 19.6. The van der Waals surface area contributed by atoms with Crippen molar-refractivity contribution in [1.29, 1.82) is 0 Å². The summed E-state index contributed by atoms with van der Waals surface area (Å²) in [4.78, 5) is 23.1. The smallest absolute Gasteiger partial charge is 0.335 e. The van der Waals surface area contributed by atoms with Crippen molar-refractivity contribution in [2.75, 3.05) is 6.61 Å². The summed E-state index contributed by atoms with van der Waals surface area (Å²) in [7, 11) is 0. The largest absolute Gasteiger partial charge is 0.478 e. The Bertz CT molecular complexity index is 604. The van der Waals surface area contributed by atoms with Crippen molar-refractivity contribution >= 4 is 11.9 Å². The predicted octanol–water partition coefficient (Wildman–Crippen LogP) is 2.21. The fourth-order valence-electron chi connectivity index (χ4n) is 3.43. The molecule has 3 atom stereocenters. The van der Waals surface area contributed by atoms with Gasteiger partial charge < -0.3 is 15.2 Å². The number of benzene rings is 1. The molecule has 3 unspecified atom stereocenters. The molecule has 2 aliphatic rings. The number of nitrogens with one attached hydrogen (secondary N) is 1. The zero-order chi connectivity index (χ0) is 15.7. The number of ether oxygens (including phenoxy) is 1. The third-order valence-electron chi connectivity index (χ3n) is 4.56. The van der Waals surface area contributed by atoms with Crippen LogP contribution in [0, 0.1) is 11.7 Å². The number of aromatic carboxylic acids is 1. The van der Waals surface area contributed by atoms with Gasteiger partial charge in [0, 0.05) is 18.6 Å². The van der Waals surface area contributed by atoms with E-state index in [4.69, 9.17) is 9.84 Å². The van der Waals surface area contributed by atoms with Crippen molar-refractivity contribution < 1.29 is 23.8 Å². The van der Waals surface area contributed by atoms with Gasteiger partial charge in [0.05, 0.1) is 17.2 Å². The number of carbonyl (C=O) groups is 2. The molecule has 118 valence electrons. The van der Waals surface area contributed by atoms with Crippen molar-refractivity contribution in [3.05, 3.63) is 35.1 Å². The Balaban J connectivity index is 1.73. The van der Waals surface area contributed by atoms with Crippen LogP contribution >= 0.6 is 0 Å². The van der Waals surface area contributed by atoms with Crippen molar-refractivity contribution in [3.63, 3.8) is 0 Å². The maximum Gasteiger partial charge on any atom is 0.335 e. The molecular formula is C16H18FNO4. The van der Waals surface area contributed by atoms with Gasteiger partial charge in [0.2, 0.25) is 0 Å². The van der Waals surface area contributed by atoms with Crippen LogP contribution in [0.1, 0.15) is 46.4 Å². The molecule has 1 heterocycles. The second-order valence-corrected chi connectivity index (χ2v) is 5.87. The number of carbonyl (C=O) groups excluding carboxylic acids is 1. The van der Waals surface area contributed by atoms with Crippen LogP contribution in [0.5, 0.6) is 0 Å². The summed E-state index contributed by atoms with van der Waals surface area (Å²) in [5.74, 6) is -2.23. The van der Waals surface area contributed by atoms with Crippen LogP contribution in [0.2, 0.25) is 0 Å². The predicted molar refractivity (Wildman–Crippen MR) is 76.3 cm³/mol. The molecule has 0 spiro atoms. The molecule has 6 heteroatoms. The Morgan fingerprint density at radius 1 is 1.27 bits per heavy atom. The first-order chi connectivity index (χ1) is 10.6. The fourth-order valence-corrected chi connectivity index (χ4v) is 3.43. The maximum absolute atomic E-state index is 13.9. The van der Waals surface area contributed by atoms with Gasteiger partial charge in [-0.2, -0.15) is 0 Å². The van der Waals surface area contributed by atoms with E-state index in [1.54, 1.807) is 0 Å². The van der Waals surface area contributed by atoms with Crippen LogP contribution in [0.4, 0.5) is 4.39 Å². The zero-order valence-electron chi connectivity index (χ0n) is 12.0. The highest BCUT2D eigenvalue weighted by molar-refractivity contribution is 5.96. The van der Waals surface area contributed by atoms with E-state index >= 15 is 0 Å². The molecule has 2 fully saturated rings. The van der Waals surface area contributed by atoms with Gasteiger partial charge in [-0.1, -0.05) is 0 Å². The third-order valence-corrected chi connectivity index (χ3v) is 4.56. The third kappa shape index (κ3) is 2.83. The summed E-state index contributed by atoms with van der Waals surface area (Å²) in [6.45, 7) is 0.712. The van der Waals surface area contributed by atoms with Gasteiger partial charge >= 0.3 is 5.97 Å². The van der Waals surface area contributed by atoms with Crippen molar-refractivity contribution in [3.8, 4) is 0 Å². The second-order valence-electron chi connectivity index (χ2n) is 5.87. The fraction of sp³-hybridized carbons (Fsp3) is 0.500. The lowest BCUT2D eigenvalue weighted by atomic mass is 9.81. The minimum atomic E-state index is -1.22. The summed E-state index contributed by atoms with van der Waals surface area (Å²) in [6.07, 6.45) is 3.96. The summed E-state index contributed by atoms with van der Waals surface area (Å²) >= 11 is 0. The summed E-state index contributed by atoms with van der Waals surface area (Å²) in [5.41, 5.74) is -0.290. The van der Waals surface area contributed by atoms with E-state index in [2.05, 4.69) is 5.32 Å². The molecule has 3 rings (SSSR count).